The molecular weight excluding hydrogens is 289 g/mol. The molecule has 0 saturated heterocycles. The van der Waals surface area contributed by atoms with Gasteiger partial charge in [0.1, 0.15) is 5.82 Å². The van der Waals surface area contributed by atoms with Gasteiger partial charge in [0.2, 0.25) is 5.91 Å². The van der Waals surface area contributed by atoms with Gasteiger partial charge in [0.25, 0.3) is 0 Å². The van der Waals surface area contributed by atoms with Gasteiger partial charge >= 0.3 is 0 Å². The summed E-state index contributed by atoms with van der Waals surface area (Å²) < 4.78 is 12.8. The van der Waals surface area contributed by atoms with E-state index in [0.29, 0.717) is 24.4 Å². The molecule has 4 heteroatoms. The molecule has 110 valence electrons. The molecule has 0 aliphatic carbocycles. The summed E-state index contributed by atoms with van der Waals surface area (Å²) >= 11 is 5.92. The number of aryl methyl sites for hydroxylation is 1. The minimum atomic E-state index is -0.270. The molecule has 0 aromatic heterocycles. The molecule has 21 heavy (non-hydrogen) atoms. The number of carbonyl (C=O) groups excluding carboxylic acids is 1. The number of halogens is 2. The number of hydrogen-bond donors (Lipinski definition) is 0. The summed E-state index contributed by atoms with van der Waals surface area (Å²) in [7, 11) is 1.75. The molecule has 0 fully saturated rings. The van der Waals surface area contributed by atoms with Gasteiger partial charge in [0, 0.05) is 25.0 Å². The highest BCUT2D eigenvalue weighted by Gasteiger charge is 2.09. The fourth-order valence-electron chi connectivity index (χ4n) is 2.09. The molecule has 2 rings (SSSR count). The Bertz CT molecular complexity index is 612. The normalized spacial score (nSPS) is 10.4. The lowest BCUT2D eigenvalue weighted by atomic mass is 10.1. The number of nitrogens with zero attached hydrogens (tertiary/aromatic N) is 1. The first-order valence-corrected chi connectivity index (χ1v) is 7.15. The van der Waals surface area contributed by atoms with Gasteiger partial charge < -0.3 is 4.90 Å². The first-order chi connectivity index (χ1) is 10.0. The van der Waals surface area contributed by atoms with E-state index < -0.39 is 0 Å². The Kier molecular flexibility index (Phi) is 5.34. The van der Waals surface area contributed by atoms with Crippen molar-refractivity contribution in [1.29, 1.82) is 0 Å². The van der Waals surface area contributed by atoms with Gasteiger partial charge in [-0.2, -0.15) is 0 Å². The van der Waals surface area contributed by atoms with Crippen LogP contribution < -0.4 is 0 Å². The minimum Gasteiger partial charge on any atom is -0.341 e. The second-order valence-electron chi connectivity index (χ2n) is 5.01. The second-order valence-corrected chi connectivity index (χ2v) is 5.44. The van der Waals surface area contributed by atoms with Crippen molar-refractivity contribution in [3.05, 3.63) is 70.5 Å². The van der Waals surface area contributed by atoms with Gasteiger partial charge in [0.05, 0.1) is 0 Å². The van der Waals surface area contributed by atoms with Crippen molar-refractivity contribution >= 4 is 17.5 Å². The maximum atomic E-state index is 12.8. The summed E-state index contributed by atoms with van der Waals surface area (Å²) in [6.45, 7) is 0.481. The van der Waals surface area contributed by atoms with Gasteiger partial charge in [-0.25, -0.2) is 4.39 Å². The third-order valence-electron chi connectivity index (χ3n) is 3.28. The molecule has 0 N–H and O–H groups in total. The molecule has 0 saturated carbocycles. The van der Waals surface area contributed by atoms with E-state index in [4.69, 9.17) is 11.6 Å². The Morgan fingerprint density at radius 3 is 2.52 bits per heavy atom. The Labute approximate surface area is 129 Å². The topological polar surface area (TPSA) is 20.3 Å². The molecule has 0 atom stereocenters. The quantitative estimate of drug-likeness (QED) is 0.815. The van der Waals surface area contributed by atoms with Crippen molar-refractivity contribution in [2.45, 2.75) is 19.4 Å². The standard InChI is InChI=1S/C17H17ClFNO/c1-20(12-14-5-8-16(19)9-6-14)17(21)10-7-13-3-2-4-15(18)11-13/h2-6,8-9,11H,7,10,12H2,1H3. The van der Waals surface area contributed by atoms with Crippen LogP contribution in [0.1, 0.15) is 17.5 Å². The maximum absolute atomic E-state index is 12.8. The van der Waals surface area contributed by atoms with Crippen molar-refractivity contribution in [2.75, 3.05) is 7.05 Å². The van der Waals surface area contributed by atoms with Gasteiger partial charge in [-0.15, -0.1) is 0 Å². The van der Waals surface area contributed by atoms with Crippen molar-refractivity contribution in [3.63, 3.8) is 0 Å². The lowest BCUT2D eigenvalue weighted by Gasteiger charge is -2.17. The largest absolute Gasteiger partial charge is 0.341 e. The smallest absolute Gasteiger partial charge is 0.222 e. The highest BCUT2D eigenvalue weighted by atomic mass is 35.5. The molecule has 0 spiro atoms. The molecule has 2 nitrogen and oxygen atoms in total. The van der Waals surface area contributed by atoms with E-state index in [1.165, 1.54) is 12.1 Å². The maximum Gasteiger partial charge on any atom is 0.222 e. The fraction of sp³-hybridized carbons (Fsp3) is 0.235. The van der Waals surface area contributed by atoms with Crippen LogP contribution in [-0.4, -0.2) is 17.9 Å². The van der Waals surface area contributed by atoms with Crippen LogP contribution in [0.25, 0.3) is 0 Å². The number of rotatable bonds is 5. The van der Waals surface area contributed by atoms with Gasteiger partial charge in [0.15, 0.2) is 0 Å². The first kappa shape index (κ1) is 15.5. The molecule has 0 unspecified atom stereocenters. The lowest BCUT2D eigenvalue weighted by molar-refractivity contribution is -0.130. The Morgan fingerprint density at radius 1 is 1.14 bits per heavy atom. The third-order valence-corrected chi connectivity index (χ3v) is 3.51. The summed E-state index contributed by atoms with van der Waals surface area (Å²) in [6.07, 6.45) is 1.09. The number of benzene rings is 2. The summed E-state index contributed by atoms with van der Waals surface area (Å²) in [5.74, 6) is -0.215. The Hall–Kier alpha value is -1.87. The molecule has 2 aromatic rings. The van der Waals surface area contributed by atoms with Crippen LogP contribution in [0.4, 0.5) is 4.39 Å². The zero-order valence-corrected chi connectivity index (χ0v) is 12.6. The molecule has 0 bridgehead atoms. The summed E-state index contributed by atoms with van der Waals surface area (Å²) in [5.41, 5.74) is 1.96. The van der Waals surface area contributed by atoms with Crippen LogP contribution in [0, 0.1) is 5.82 Å². The van der Waals surface area contributed by atoms with Crippen molar-refractivity contribution in [3.8, 4) is 0 Å². The van der Waals surface area contributed by atoms with E-state index >= 15 is 0 Å². The number of carbonyl (C=O) groups is 1. The summed E-state index contributed by atoms with van der Waals surface area (Å²) in [5, 5.41) is 0.680. The average Bonchev–Trinajstić information content (AvgIpc) is 2.47. The van der Waals surface area contributed by atoms with Crippen molar-refractivity contribution < 1.29 is 9.18 Å². The van der Waals surface area contributed by atoms with Crippen molar-refractivity contribution in [2.24, 2.45) is 0 Å². The molecule has 0 aliphatic heterocycles. The second kappa shape index (κ2) is 7.23. The van der Waals surface area contributed by atoms with E-state index in [2.05, 4.69) is 0 Å². The fourth-order valence-corrected chi connectivity index (χ4v) is 2.30. The highest BCUT2D eigenvalue weighted by Crippen LogP contribution is 2.13. The minimum absolute atomic E-state index is 0.0549. The van der Waals surface area contributed by atoms with Gasteiger partial charge in [-0.1, -0.05) is 35.9 Å². The van der Waals surface area contributed by atoms with Crippen LogP contribution in [0.2, 0.25) is 5.02 Å². The zero-order valence-electron chi connectivity index (χ0n) is 11.9. The van der Waals surface area contributed by atoms with Gasteiger partial charge in [-0.05, 0) is 41.8 Å². The van der Waals surface area contributed by atoms with Crippen LogP contribution in [0.3, 0.4) is 0 Å². The van der Waals surface area contributed by atoms with E-state index in [1.807, 2.05) is 24.3 Å². The van der Waals surface area contributed by atoms with Crippen LogP contribution in [0.5, 0.6) is 0 Å². The number of hydrogen-bond acceptors (Lipinski definition) is 1. The lowest BCUT2D eigenvalue weighted by Crippen LogP contribution is -2.26. The Balaban J connectivity index is 1.86. The summed E-state index contributed by atoms with van der Waals surface area (Å²) in [4.78, 5) is 13.7. The average molecular weight is 306 g/mol. The van der Waals surface area contributed by atoms with Crippen molar-refractivity contribution in [1.82, 2.24) is 4.90 Å². The molecule has 1 amide bonds. The predicted octanol–water partition coefficient (Wildman–Crippen LogP) is 4.07. The SMILES string of the molecule is CN(Cc1ccc(F)cc1)C(=O)CCc1cccc(Cl)c1. The monoisotopic (exact) mass is 305 g/mol. The molecular formula is C17H17ClFNO. The van der Waals surface area contributed by atoms with Crippen LogP contribution >= 0.6 is 11.6 Å². The molecule has 2 aromatic carbocycles. The molecule has 0 radical (unpaired) electrons. The highest BCUT2D eigenvalue weighted by molar-refractivity contribution is 6.30. The van der Waals surface area contributed by atoms with Gasteiger partial charge in [-0.3, -0.25) is 4.79 Å². The predicted molar refractivity (Wildman–Crippen MR) is 82.6 cm³/mol. The van der Waals surface area contributed by atoms with Crippen LogP contribution in [0.15, 0.2) is 48.5 Å². The molecule has 0 heterocycles. The first-order valence-electron chi connectivity index (χ1n) is 6.77. The van der Waals surface area contributed by atoms with E-state index in [-0.39, 0.29) is 11.7 Å². The molecule has 0 aliphatic rings. The zero-order chi connectivity index (χ0) is 15.2. The van der Waals surface area contributed by atoms with E-state index in [1.54, 1.807) is 24.1 Å². The van der Waals surface area contributed by atoms with E-state index in [9.17, 15) is 9.18 Å². The summed E-state index contributed by atoms with van der Waals surface area (Å²) in [6, 6.07) is 13.7. The van der Waals surface area contributed by atoms with Crippen LogP contribution in [-0.2, 0) is 17.8 Å². The van der Waals surface area contributed by atoms with E-state index in [0.717, 1.165) is 11.1 Å². The number of amides is 1. The third kappa shape index (κ3) is 4.87. The Morgan fingerprint density at radius 2 is 1.86 bits per heavy atom.